The van der Waals surface area contributed by atoms with Crippen LogP contribution in [0.1, 0.15) is 12.5 Å². The van der Waals surface area contributed by atoms with E-state index in [1.165, 1.54) is 6.07 Å². The average Bonchev–Trinajstić information content (AvgIpc) is 2.96. The van der Waals surface area contributed by atoms with E-state index in [4.69, 9.17) is 9.47 Å². The van der Waals surface area contributed by atoms with Crippen molar-refractivity contribution in [3.8, 4) is 11.5 Å². The summed E-state index contributed by atoms with van der Waals surface area (Å²) in [5, 5.41) is 2.72. The maximum atomic E-state index is 12.2. The summed E-state index contributed by atoms with van der Waals surface area (Å²) in [4.78, 5) is 16.6. The summed E-state index contributed by atoms with van der Waals surface area (Å²) in [6.45, 7) is 2.18. The molecule has 0 radical (unpaired) electrons. The number of hydrogen-bond acceptors (Lipinski definition) is 6. The molecule has 0 unspecified atom stereocenters. The van der Waals surface area contributed by atoms with E-state index in [9.17, 15) is 13.2 Å². The molecule has 0 aromatic heterocycles. The van der Waals surface area contributed by atoms with E-state index in [0.717, 1.165) is 5.75 Å². The Labute approximate surface area is 163 Å². The fourth-order valence-electron chi connectivity index (χ4n) is 2.64. The van der Waals surface area contributed by atoms with Gasteiger partial charge in [0.15, 0.2) is 0 Å². The lowest BCUT2D eigenvalue weighted by Crippen LogP contribution is -2.36. The third kappa shape index (κ3) is 4.42. The number of rotatable bonds is 7. The molecule has 148 valence electrons. The van der Waals surface area contributed by atoms with Gasteiger partial charge in [-0.05, 0) is 43.3 Å². The Balaban J connectivity index is 1.53. The maximum Gasteiger partial charge on any atom is 0.263 e. The number of hydrogen-bond donors (Lipinski definition) is 2. The molecule has 3 rings (SSSR count). The first-order valence-corrected chi connectivity index (χ1v) is 10.1. The molecule has 2 aromatic carbocycles. The van der Waals surface area contributed by atoms with Crippen LogP contribution >= 0.6 is 0 Å². The van der Waals surface area contributed by atoms with Crippen LogP contribution in [-0.4, -0.2) is 46.5 Å². The molecule has 1 aliphatic rings. The van der Waals surface area contributed by atoms with Crippen molar-refractivity contribution in [2.45, 2.75) is 17.9 Å². The van der Waals surface area contributed by atoms with Crippen molar-refractivity contribution >= 4 is 21.8 Å². The second kappa shape index (κ2) is 8.30. The van der Waals surface area contributed by atoms with Gasteiger partial charge in [-0.25, -0.2) is 8.42 Å². The summed E-state index contributed by atoms with van der Waals surface area (Å²) < 4.78 is 37.2. The molecule has 1 heterocycles. The van der Waals surface area contributed by atoms with Crippen molar-refractivity contribution in [2.24, 2.45) is 4.99 Å². The molecule has 8 nitrogen and oxygen atoms in total. The number of methoxy groups -OCH3 is 1. The molecule has 1 aliphatic heterocycles. The molecule has 0 fully saturated rings. The van der Waals surface area contributed by atoms with Gasteiger partial charge in [0.1, 0.15) is 30.0 Å². The molecule has 1 amide bonds. The topological polar surface area (TPSA) is 106 Å². The van der Waals surface area contributed by atoms with Crippen molar-refractivity contribution in [3.05, 3.63) is 54.1 Å². The van der Waals surface area contributed by atoms with Crippen LogP contribution in [0, 0.1) is 0 Å². The van der Waals surface area contributed by atoms with Gasteiger partial charge in [0.05, 0.1) is 18.6 Å². The largest absolute Gasteiger partial charge is 0.497 e. The minimum Gasteiger partial charge on any atom is -0.497 e. The highest BCUT2D eigenvalue weighted by atomic mass is 32.2. The molecule has 0 bridgehead atoms. The highest BCUT2D eigenvalue weighted by molar-refractivity contribution is 7.90. The number of aliphatic imine (C=N–C) groups is 1. The predicted octanol–water partition coefficient (Wildman–Crippen LogP) is 1.32. The number of benzene rings is 2. The molecule has 0 saturated carbocycles. The fourth-order valence-corrected chi connectivity index (χ4v) is 3.88. The molecular formula is C19H21N3O5S. The second-order valence-electron chi connectivity index (χ2n) is 6.07. The highest BCUT2D eigenvalue weighted by Crippen LogP contribution is 2.22. The average molecular weight is 403 g/mol. The van der Waals surface area contributed by atoms with Crippen molar-refractivity contribution < 1.29 is 22.7 Å². The van der Waals surface area contributed by atoms with Crippen molar-refractivity contribution in [2.75, 3.05) is 20.3 Å². The van der Waals surface area contributed by atoms with E-state index >= 15 is 0 Å². The summed E-state index contributed by atoms with van der Waals surface area (Å²) in [5.41, 5.74) is 0.463. The van der Waals surface area contributed by atoms with Gasteiger partial charge in [-0.2, -0.15) is 0 Å². The minimum atomic E-state index is -3.62. The number of ether oxygens (including phenoxy) is 2. The van der Waals surface area contributed by atoms with Crippen LogP contribution in [0.25, 0.3) is 0 Å². The summed E-state index contributed by atoms with van der Waals surface area (Å²) >= 11 is 0. The van der Waals surface area contributed by atoms with E-state index in [1.807, 2.05) is 0 Å². The van der Waals surface area contributed by atoms with E-state index in [1.54, 1.807) is 56.5 Å². The van der Waals surface area contributed by atoms with Gasteiger partial charge in [-0.1, -0.05) is 12.1 Å². The number of amides is 1. The van der Waals surface area contributed by atoms with Crippen LogP contribution in [0.5, 0.6) is 11.5 Å². The molecule has 28 heavy (non-hydrogen) atoms. The Bertz CT molecular complexity index is 987. The first-order chi connectivity index (χ1) is 13.4. The maximum absolute atomic E-state index is 12.2. The fraction of sp³-hybridized carbons (Fsp3) is 0.263. The first-order valence-electron chi connectivity index (χ1n) is 8.65. The first kappa shape index (κ1) is 19.7. The van der Waals surface area contributed by atoms with Crippen LogP contribution in [0.15, 0.2) is 58.4 Å². The smallest absolute Gasteiger partial charge is 0.263 e. The molecule has 2 N–H and O–H groups in total. The lowest BCUT2D eigenvalue weighted by molar-refractivity contribution is -0.122. The second-order valence-corrected chi connectivity index (χ2v) is 7.72. The molecule has 9 heteroatoms. The van der Waals surface area contributed by atoms with Crippen LogP contribution in [0.4, 0.5) is 0 Å². The SMILES string of the molecule is COc1ccc(OCCNC(=O)[C@H](C)N=C2NS(=O)(=O)c3ccccc32)cc1. The third-order valence-electron chi connectivity index (χ3n) is 4.09. The zero-order valence-electron chi connectivity index (χ0n) is 15.5. The Hall–Kier alpha value is -3.07. The predicted molar refractivity (Wildman–Crippen MR) is 104 cm³/mol. The van der Waals surface area contributed by atoms with Gasteiger partial charge in [0, 0.05) is 5.56 Å². The highest BCUT2D eigenvalue weighted by Gasteiger charge is 2.31. The molecule has 1 atom stereocenters. The number of carbonyl (C=O) groups excluding carboxylic acids is 1. The Morgan fingerprint density at radius 3 is 2.54 bits per heavy atom. The van der Waals surface area contributed by atoms with Gasteiger partial charge < -0.3 is 14.8 Å². The zero-order valence-corrected chi connectivity index (χ0v) is 16.3. The molecule has 0 aliphatic carbocycles. The summed E-state index contributed by atoms with van der Waals surface area (Å²) in [7, 11) is -2.04. The normalized spacial score (nSPS) is 16.7. The van der Waals surface area contributed by atoms with Crippen LogP contribution in [0.2, 0.25) is 0 Å². The molecule has 2 aromatic rings. The van der Waals surface area contributed by atoms with E-state index < -0.39 is 16.1 Å². The van der Waals surface area contributed by atoms with Gasteiger partial charge >= 0.3 is 0 Å². The van der Waals surface area contributed by atoms with Crippen molar-refractivity contribution in [1.82, 2.24) is 10.0 Å². The zero-order chi connectivity index (χ0) is 20.1. The molecule has 0 saturated heterocycles. The number of sulfonamides is 1. The monoisotopic (exact) mass is 403 g/mol. The van der Waals surface area contributed by atoms with E-state index in [0.29, 0.717) is 17.9 Å². The van der Waals surface area contributed by atoms with Gasteiger partial charge in [0.25, 0.3) is 10.0 Å². The van der Waals surface area contributed by atoms with Crippen molar-refractivity contribution in [3.63, 3.8) is 0 Å². The molecule has 0 spiro atoms. The lowest BCUT2D eigenvalue weighted by atomic mass is 10.2. The Morgan fingerprint density at radius 2 is 1.82 bits per heavy atom. The number of fused-ring (bicyclic) bond motifs is 1. The van der Waals surface area contributed by atoms with Crippen LogP contribution in [0.3, 0.4) is 0 Å². The van der Waals surface area contributed by atoms with Gasteiger partial charge in [0.2, 0.25) is 5.91 Å². The Morgan fingerprint density at radius 1 is 1.14 bits per heavy atom. The summed E-state index contributed by atoms with van der Waals surface area (Å²) in [5.74, 6) is 1.25. The van der Waals surface area contributed by atoms with Crippen LogP contribution in [-0.2, 0) is 14.8 Å². The van der Waals surface area contributed by atoms with E-state index in [-0.39, 0.29) is 23.2 Å². The Kier molecular flexibility index (Phi) is 5.84. The summed E-state index contributed by atoms with van der Waals surface area (Å²) in [6, 6.07) is 12.9. The van der Waals surface area contributed by atoms with Crippen molar-refractivity contribution in [1.29, 1.82) is 0 Å². The number of nitrogens with zero attached hydrogens (tertiary/aromatic N) is 1. The number of carbonyl (C=O) groups is 1. The van der Waals surface area contributed by atoms with Gasteiger partial charge in [-0.3, -0.25) is 14.5 Å². The summed E-state index contributed by atoms with van der Waals surface area (Å²) in [6.07, 6.45) is 0. The lowest BCUT2D eigenvalue weighted by Gasteiger charge is -2.11. The quantitative estimate of drug-likeness (QED) is 0.678. The van der Waals surface area contributed by atoms with E-state index in [2.05, 4.69) is 15.0 Å². The van der Waals surface area contributed by atoms with Crippen LogP contribution < -0.4 is 19.5 Å². The number of nitrogens with one attached hydrogen (secondary N) is 2. The third-order valence-corrected chi connectivity index (χ3v) is 5.49. The molecular weight excluding hydrogens is 382 g/mol. The number of amidine groups is 1. The van der Waals surface area contributed by atoms with Gasteiger partial charge in [-0.15, -0.1) is 0 Å². The standard InChI is InChI=1S/C19H21N3O5S/c1-13(21-18-16-5-3-4-6-17(16)28(24,25)22-18)19(23)20-11-12-27-15-9-7-14(26-2)8-10-15/h3-10,13H,11-12H2,1-2H3,(H,20,23)(H,21,22)/t13-/m0/s1. The minimum absolute atomic E-state index is 0.161.